The van der Waals surface area contributed by atoms with Gasteiger partial charge in [0.2, 0.25) is 9.84 Å². The van der Waals surface area contributed by atoms with Crippen LogP contribution in [-0.4, -0.2) is 8.42 Å². The van der Waals surface area contributed by atoms with E-state index in [4.69, 9.17) is 0 Å². The molecule has 0 aromatic heterocycles. The maximum atomic E-state index is 14.5. The molecule has 200 valence electrons. The second kappa shape index (κ2) is 9.44. The third-order valence-corrected chi connectivity index (χ3v) is 10.0. The van der Waals surface area contributed by atoms with Crippen molar-refractivity contribution in [3.8, 4) is 22.3 Å². The molecule has 0 bridgehead atoms. The highest BCUT2D eigenvalue weighted by Crippen LogP contribution is 2.50. The number of sulfone groups is 1. The molecule has 42 heavy (non-hydrogen) atoms. The third-order valence-electron chi connectivity index (χ3n) is 8.20. The van der Waals surface area contributed by atoms with Gasteiger partial charge in [0.1, 0.15) is 0 Å². The largest absolute Gasteiger partial charge is 0.308 e. The highest BCUT2D eigenvalue weighted by Gasteiger charge is 2.35. The molecule has 1 aliphatic heterocycles. The summed E-state index contributed by atoms with van der Waals surface area (Å²) in [5.74, 6) is 0. The fraction of sp³-hybridized carbons (Fsp3) is 0. The first-order valence-electron chi connectivity index (χ1n) is 13.9. The van der Waals surface area contributed by atoms with Crippen LogP contribution >= 0.6 is 0 Å². The Morgan fingerprint density at radius 2 is 0.881 bits per heavy atom. The van der Waals surface area contributed by atoms with E-state index < -0.39 is 9.84 Å². The lowest BCUT2D eigenvalue weighted by Gasteiger charge is -2.33. The van der Waals surface area contributed by atoms with Crippen molar-refractivity contribution in [2.45, 2.75) is 9.79 Å². The second-order valence-corrected chi connectivity index (χ2v) is 12.5. The lowest BCUT2D eigenvalue weighted by atomic mass is 9.97. The van der Waals surface area contributed by atoms with Gasteiger partial charge in [-0.1, -0.05) is 115 Å². The van der Waals surface area contributed by atoms with Crippen molar-refractivity contribution >= 4 is 48.4 Å². The molecule has 0 atom stereocenters. The van der Waals surface area contributed by atoms with Crippen molar-refractivity contribution in [2.24, 2.45) is 0 Å². The van der Waals surface area contributed by atoms with Gasteiger partial charge in [-0.3, -0.25) is 0 Å². The SMILES string of the molecule is O=S1(=O)c2cc(-c3cccc4ccccc34)ccc2N(c2ccccc2)c2ccc(-c3cccc4ccccc34)cc21. The summed E-state index contributed by atoms with van der Waals surface area (Å²) < 4.78 is 29.1. The van der Waals surface area contributed by atoms with E-state index in [-0.39, 0.29) is 0 Å². The fourth-order valence-electron chi connectivity index (χ4n) is 6.22. The summed E-state index contributed by atoms with van der Waals surface area (Å²) in [5, 5.41) is 4.41. The molecule has 0 fully saturated rings. The first-order chi connectivity index (χ1) is 20.6. The normalized spacial score (nSPS) is 13.6. The molecule has 0 saturated carbocycles. The molecule has 0 amide bonds. The Bertz CT molecular complexity index is 2130. The average Bonchev–Trinajstić information content (AvgIpc) is 3.05. The van der Waals surface area contributed by atoms with Gasteiger partial charge in [0.15, 0.2) is 0 Å². The molecule has 8 rings (SSSR count). The number of fused-ring (bicyclic) bond motifs is 4. The van der Waals surface area contributed by atoms with Gasteiger partial charge in [0.25, 0.3) is 0 Å². The van der Waals surface area contributed by atoms with Gasteiger partial charge in [0.05, 0.1) is 21.2 Å². The van der Waals surface area contributed by atoms with E-state index in [1.54, 1.807) is 0 Å². The van der Waals surface area contributed by atoms with Crippen LogP contribution in [0.15, 0.2) is 161 Å². The molecule has 0 saturated heterocycles. The van der Waals surface area contributed by atoms with E-state index in [1.165, 1.54) is 0 Å². The molecule has 4 heteroatoms. The van der Waals surface area contributed by atoms with Gasteiger partial charge in [-0.05, 0) is 80.2 Å². The van der Waals surface area contributed by atoms with Crippen LogP contribution in [0.5, 0.6) is 0 Å². The molecule has 1 aliphatic rings. The van der Waals surface area contributed by atoms with Gasteiger partial charge in [-0.2, -0.15) is 0 Å². The first kappa shape index (κ1) is 24.6. The van der Waals surface area contributed by atoms with Crippen molar-refractivity contribution in [2.75, 3.05) is 4.90 Å². The van der Waals surface area contributed by atoms with Crippen molar-refractivity contribution in [3.05, 3.63) is 152 Å². The molecule has 1 heterocycles. The minimum atomic E-state index is -3.85. The van der Waals surface area contributed by atoms with Crippen LogP contribution in [0.3, 0.4) is 0 Å². The Kier molecular flexibility index (Phi) is 5.53. The maximum Gasteiger partial charge on any atom is 0.210 e. The van der Waals surface area contributed by atoms with Crippen molar-refractivity contribution in [1.82, 2.24) is 0 Å². The summed E-state index contributed by atoms with van der Waals surface area (Å²) in [6.45, 7) is 0. The molecule has 3 nitrogen and oxygen atoms in total. The van der Waals surface area contributed by atoms with Crippen molar-refractivity contribution in [3.63, 3.8) is 0 Å². The summed E-state index contributed by atoms with van der Waals surface area (Å²) in [4.78, 5) is 2.67. The van der Waals surface area contributed by atoms with Crippen molar-refractivity contribution < 1.29 is 8.42 Å². The summed E-state index contributed by atoms with van der Waals surface area (Å²) in [6.07, 6.45) is 0. The Morgan fingerprint density at radius 3 is 1.40 bits per heavy atom. The molecule has 0 spiro atoms. The number of hydrogen-bond acceptors (Lipinski definition) is 3. The highest BCUT2D eigenvalue weighted by molar-refractivity contribution is 7.92. The number of benzene rings is 7. The standard InChI is InChI=1S/C38H25NO2S/c40-42(41)37-24-28(33-18-8-12-26-10-4-6-16-31(26)33)20-22-35(37)39(30-14-2-1-3-15-30)36-23-21-29(25-38(36)42)34-19-9-13-27-11-5-7-17-32(27)34/h1-25H. The van der Waals surface area contributed by atoms with E-state index >= 15 is 0 Å². The summed E-state index contributed by atoms with van der Waals surface area (Å²) >= 11 is 0. The summed E-state index contributed by atoms with van der Waals surface area (Å²) in [6, 6.07) is 50.3. The quantitative estimate of drug-likeness (QED) is 0.216. The lowest BCUT2D eigenvalue weighted by Crippen LogP contribution is -2.22. The molecule has 0 unspecified atom stereocenters. The number of anilines is 3. The van der Waals surface area contributed by atoms with E-state index in [0.29, 0.717) is 21.2 Å². The predicted molar refractivity (Wildman–Crippen MR) is 172 cm³/mol. The Morgan fingerprint density at radius 1 is 0.429 bits per heavy atom. The van der Waals surface area contributed by atoms with Gasteiger partial charge in [-0.25, -0.2) is 8.42 Å². The molecule has 0 aliphatic carbocycles. The zero-order chi connectivity index (χ0) is 28.3. The van der Waals surface area contributed by atoms with E-state index in [9.17, 15) is 8.42 Å². The van der Waals surface area contributed by atoms with Gasteiger partial charge in [-0.15, -0.1) is 0 Å². The summed E-state index contributed by atoms with van der Waals surface area (Å²) in [7, 11) is -3.85. The Labute approximate surface area is 244 Å². The minimum Gasteiger partial charge on any atom is -0.308 e. The Hall–Kier alpha value is -5.19. The average molecular weight is 560 g/mol. The van der Waals surface area contributed by atoms with E-state index in [0.717, 1.165) is 49.5 Å². The smallest absolute Gasteiger partial charge is 0.210 e. The summed E-state index contributed by atoms with van der Waals surface area (Å²) in [5.41, 5.74) is 5.96. The first-order valence-corrected chi connectivity index (χ1v) is 15.4. The van der Waals surface area contributed by atoms with E-state index in [1.807, 2.05) is 103 Å². The van der Waals surface area contributed by atoms with Gasteiger partial charge >= 0.3 is 0 Å². The second-order valence-electron chi connectivity index (χ2n) is 10.6. The topological polar surface area (TPSA) is 37.4 Å². The van der Waals surface area contributed by atoms with Crippen LogP contribution in [0.2, 0.25) is 0 Å². The third kappa shape index (κ3) is 3.76. The maximum absolute atomic E-state index is 14.5. The molecule has 7 aromatic carbocycles. The number of nitrogens with zero attached hydrogens (tertiary/aromatic N) is 1. The molecular weight excluding hydrogens is 534 g/mol. The number of hydrogen-bond donors (Lipinski definition) is 0. The molecule has 0 N–H and O–H groups in total. The van der Waals surface area contributed by atoms with Crippen LogP contribution < -0.4 is 4.90 Å². The van der Waals surface area contributed by atoms with Crippen LogP contribution in [0.25, 0.3) is 43.8 Å². The Balaban J connectivity index is 1.38. The van der Waals surface area contributed by atoms with Crippen LogP contribution in [-0.2, 0) is 9.84 Å². The number of rotatable bonds is 3. The molecule has 7 aromatic rings. The fourth-order valence-corrected chi connectivity index (χ4v) is 7.89. The zero-order valence-electron chi connectivity index (χ0n) is 22.6. The van der Waals surface area contributed by atoms with Crippen LogP contribution in [0.1, 0.15) is 0 Å². The predicted octanol–water partition coefficient (Wildman–Crippen LogP) is 9.94. The highest BCUT2D eigenvalue weighted by atomic mass is 32.2. The molecule has 0 radical (unpaired) electrons. The van der Waals surface area contributed by atoms with Gasteiger partial charge in [0, 0.05) is 5.69 Å². The lowest BCUT2D eigenvalue weighted by molar-refractivity contribution is 0.595. The van der Waals surface area contributed by atoms with Crippen molar-refractivity contribution in [1.29, 1.82) is 0 Å². The minimum absolute atomic E-state index is 0.305. The molecular formula is C38H25NO2S. The number of para-hydroxylation sites is 1. The van der Waals surface area contributed by atoms with E-state index in [2.05, 4.69) is 53.4 Å². The monoisotopic (exact) mass is 559 g/mol. The van der Waals surface area contributed by atoms with Crippen LogP contribution in [0, 0.1) is 0 Å². The zero-order valence-corrected chi connectivity index (χ0v) is 23.4. The van der Waals surface area contributed by atoms with Gasteiger partial charge < -0.3 is 4.90 Å². The van der Waals surface area contributed by atoms with Crippen LogP contribution in [0.4, 0.5) is 17.1 Å².